The van der Waals surface area contributed by atoms with Crippen LogP contribution in [0.1, 0.15) is 31.2 Å². The number of nitrogens with one attached hydrogen (secondary N) is 1. The Morgan fingerprint density at radius 1 is 1.10 bits per heavy atom. The first kappa shape index (κ1) is 22.2. The molecular formula is C18H23F3N6O2S2. The third-order valence-corrected chi connectivity index (χ3v) is 7.82. The van der Waals surface area contributed by atoms with Crippen molar-refractivity contribution in [2.75, 3.05) is 42.7 Å². The van der Waals surface area contributed by atoms with Crippen LogP contribution in [0.4, 0.5) is 24.3 Å². The topological polar surface area (TPSA) is 91.3 Å². The summed E-state index contributed by atoms with van der Waals surface area (Å²) in [4.78, 5) is 14.8. The Morgan fingerprint density at radius 2 is 1.77 bits per heavy atom. The molecule has 0 bridgehead atoms. The average Bonchev–Trinajstić information content (AvgIpc) is 3.39. The molecule has 0 unspecified atom stereocenters. The van der Waals surface area contributed by atoms with Gasteiger partial charge in [0.1, 0.15) is 5.56 Å². The fourth-order valence-corrected chi connectivity index (χ4v) is 5.64. The molecule has 2 aliphatic heterocycles. The van der Waals surface area contributed by atoms with E-state index in [2.05, 4.69) is 25.2 Å². The smallest absolute Gasteiger partial charge is 0.351 e. The van der Waals surface area contributed by atoms with Gasteiger partial charge in [-0.05, 0) is 25.7 Å². The van der Waals surface area contributed by atoms with Gasteiger partial charge in [0, 0.05) is 44.6 Å². The van der Waals surface area contributed by atoms with Gasteiger partial charge < -0.3 is 10.2 Å². The monoisotopic (exact) mass is 476 g/mol. The van der Waals surface area contributed by atoms with Gasteiger partial charge in [0.15, 0.2) is 5.13 Å². The molecule has 2 fully saturated rings. The number of hydrogen-bond donors (Lipinski definition) is 1. The third-order valence-electron chi connectivity index (χ3n) is 5.45. The maximum Gasteiger partial charge on any atom is 0.420 e. The highest BCUT2D eigenvalue weighted by atomic mass is 32.2. The van der Waals surface area contributed by atoms with Crippen LogP contribution in [-0.2, 0) is 16.2 Å². The molecule has 2 aromatic rings. The van der Waals surface area contributed by atoms with Crippen molar-refractivity contribution in [3.8, 4) is 10.6 Å². The maximum atomic E-state index is 13.6. The highest BCUT2D eigenvalue weighted by Crippen LogP contribution is 2.40. The van der Waals surface area contributed by atoms with Crippen LogP contribution in [0.2, 0.25) is 0 Å². The number of piperidine rings is 1. The van der Waals surface area contributed by atoms with Crippen molar-refractivity contribution >= 4 is 32.4 Å². The first-order valence-electron chi connectivity index (χ1n) is 9.98. The molecular weight excluding hydrogens is 453 g/mol. The zero-order valence-electron chi connectivity index (χ0n) is 16.9. The van der Waals surface area contributed by atoms with Crippen LogP contribution >= 0.6 is 11.3 Å². The molecule has 31 heavy (non-hydrogen) atoms. The number of rotatable bonds is 5. The van der Waals surface area contributed by atoms with Crippen LogP contribution in [0.5, 0.6) is 0 Å². The highest BCUT2D eigenvalue weighted by Gasteiger charge is 2.36. The molecule has 13 heteroatoms. The van der Waals surface area contributed by atoms with Crippen LogP contribution in [0.15, 0.2) is 12.4 Å². The predicted octanol–water partition coefficient (Wildman–Crippen LogP) is 3.06. The Balaban J connectivity index is 1.56. The van der Waals surface area contributed by atoms with Crippen LogP contribution in [0, 0.1) is 0 Å². The minimum Gasteiger partial charge on any atom is -0.351 e. The van der Waals surface area contributed by atoms with Gasteiger partial charge in [-0.3, -0.25) is 0 Å². The Hall–Kier alpha value is -1.99. The van der Waals surface area contributed by atoms with E-state index in [1.807, 2.05) is 0 Å². The van der Waals surface area contributed by atoms with E-state index >= 15 is 0 Å². The minimum atomic E-state index is -4.59. The van der Waals surface area contributed by atoms with E-state index in [4.69, 9.17) is 0 Å². The van der Waals surface area contributed by atoms with Gasteiger partial charge in [0.05, 0.1) is 16.8 Å². The molecule has 8 nitrogen and oxygen atoms in total. The summed E-state index contributed by atoms with van der Waals surface area (Å²) >= 11 is 1.19. The highest BCUT2D eigenvalue weighted by molar-refractivity contribution is 7.88. The SMILES string of the molecule is CS(=O)(=O)N1CCC(Nc2ncc(C(F)(F)F)c(-c3cnc(N4CCCC4)s3)n2)CC1. The molecule has 4 rings (SSSR count). The lowest BCUT2D eigenvalue weighted by Crippen LogP contribution is -2.42. The van der Waals surface area contributed by atoms with Crippen molar-refractivity contribution in [3.63, 3.8) is 0 Å². The Kier molecular flexibility index (Phi) is 6.10. The number of hydrogen-bond acceptors (Lipinski definition) is 8. The van der Waals surface area contributed by atoms with E-state index in [0.717, 1.165) is 38.4 Å². The number of nitrogens with zero attached hydrogens (tertiary/aromatic N) is 5. The van der Waals surface area contributed by atoms with Crippen molar-refractivity contribution in [3.05, 3.63) is 18.0 Å². The molecule has 2 aromatic heterocycles. The summed E-state index contributed by atoms with van der Waals surface area (Å²) in [6.07, 6.45) is 1.93. The summed E-state index contributed by atoms with van der Waals surface area (Å²) in [5.74, 6) is 0.0944. The molecule has 0 amide bonds. The van der Waals surface area contributed by atoms with E-state index in [1.54, 1.807) is 0 Å². The second-order valence-corrected chi connectivity index (χ2v) is 10.7. The van der Waals surface area contributed by atoms with Gasteiger partial charge >= 0.3 is 6.18 Å². The summed E-state index contributed by atoms with van der Waals surface area (Å²) in [6.45, 7) is 2.39. The molecule has 4 heterocycles. The molecule has 0 atom stereocenters. The van der Waals surface area contributed by atoms with Crippen molar-refractivity contribution in [2.24, 2.45) is 0 Å². The van der Waals surface area contributed by atoms with Crippen LogP contribution < -0.4 is 10.2 Å². The predicted molar refractivity (Wildman–Crippen MR) is 113 cm³/mol. The maximum absolute atomic E-state index is 13.6. The largest absolute Gasteiger partial charge is 0.420 e. The number of halogens is 3. The second-order valence-electron chi connectivity index (χ2n) is 7.74. The fraction of sp³-hybridized carbons (Fsp3) is 0.611. The lowest BCUT2D eigenvalue weighted by Gasteiger charge is -2.30. The molecule has 1 N–H and O–H groups in total. The lowest BCUT2D eigenvalue weighted by molar-refractivity contribution is -0.137. The Labute approximate surface area is 182 Å². The minimum absolute atomic E-state index is 0.0944. The van der Waals surface area contributed by atoms with E-state index in [0.29, 0.717) is 35.9 Å². The van der Waals surface area contributed by atoms with Crippen molar-refractivity contribution in [1.29, 1.82) is 0 Å². The zero-order valence-corrected chi connectivity index (χ0v) is 18.5. The van der Waals surface area contributed by atoms with Crippen molar-refractivity contribution < 1.29 is 21.6 Å². The normalized spacial score (nSPS) is 19.2. The summed E-state index contributed by atoms with van der Waals surface area (Å²) in [5, 5.41) is 3.76. The molecule has 0 aromatic carbocycles. The van der Waals surface area contributed by atoms with Crippen LogP contribution in [-0.4, -0.2) is 66.2 Å². The van der Waals surface area contributed by atoms with Gasteiger partial charge in [-0.2, -0.15) is 13.2 Å². The van der Waals surface area contributed by atoms with E-state index in [1.165, 1.54) is 21.8 Å². The molecule has 2 aliphatic rings. The Morgan fingerprint density at radius 3 is 2.39 bits per heavy atom. The standard InChI is InChI=1S/C18H23F3N6O2S2/c1-31(28,29)27-8-4-12(5-9-27)24-16-22-10-13(18(19,20)21)15(25-16)14-11-23-17(30-14)26-6-2-3-7-26/h10-12H,2-9H2,1H3,(H,22,24,25). The average molecular weight is 477 g/mol. The van der Waals surface area contributed by atoms with Crippen molar-refractivity contribution in [2.45, 2.75) is 37.9 Å². The number of thiazole rings is 1. The van der Waals surface area contributed by atoms with Gasteiger partial charge in [-0.1, -0.05) is 11.3 Å². The summed E-state index contributed by atoms with van der Waals surface area (Å²) in [7, 11) is -3.25. The summed E-state index contributed by atoms with van der Waals surface area (Å²) in [6, 6.07) is -0.121. The van der Waals surface area contributed by atoms with E-state index < -0.39 is 21.8 Å². The quantitative estimate of drug-likeness (QED) is 0.709. The van der Waals surface area contributed by atoms with E-state index in [9.17, 15) is 21.6 Å². The number of anilines is 2. The van der Waals surface area contributed by atoms with Gasteiger partial charge in [-0.25, -0.2) is 27.7 Å². The van der Waals surface area contributed by atoms with Crippen LogP contribution in [0.25, 0.3) is 10.6 Å². The molecule has 0 saturated carbocycles. The third kappa shape index (κ3) is 5.09. The second kappa shape index (κ2) is 8.51. The number of alkyl halides is 3. The molecule has 170 valence electrons. The van der Waals surface area contributed by atoms with Crippen molar-refractivity contribution in [1.82, 2.24) is 19.3 Å². The lowest BCUT2D eigenvalue weighted by atomic mass is 10.1. The summed E-state index contributed by atoms with van der Waals surface area (Å²) in [5.41, 5.74) is -1.09. The van der Waals surface area contributed by atoms with Gasteiger partial charge in [-0.15, -0.1) is 0 Å². The van der Waals surface area contributed by atoms with Gasteiger partial charge in [0.2, 0.25) is 16.0 Å². The first-order chi connectivity index (χ1) is 14.6. The molecule has 0 spiro atoms. The van der Waals surface area contributed by atoms with Crippen LogP contribution in [0.3, 0.4) is 0 Å². The number of sulfonamides is 1. The Bertz CT molecular complexity index is 1030. The van der Waals surface area contributed by atoms with E-state index in [-0.39, 0.29) is 17.7 Å². The molecule has 0 radical (unpaired) electrons. The fourth-order valence-electron chi connectivity index (χ4n) is 3.79. The first-order valence-corrected chi connectivity index (χ1v) is 12.6. The molecule has 2 saturated heterocycles. The number of aromatic nitrogens is 3. The zero-order chi connectivity index (χ0) is 22.2. The van der Waals surface area contributed by atoms with Gasteiger partial charge in [0.25, 0.3) is 0 Å². The summed E-state index contributed by atoms with van der Waals surface area (Å²) < 4.78 is 65.5. The molecule has 0 aliphatic carbocycles.